The lowest BCUT2D eigenvalue weighted by Crippen LogP contribution is -2.16. The van der Waals surface area contributed by atoms with Gasteiger partial charge in [0.05, 0.1) is 0 Å². The van der Waals surface area contributed by atoms with Crippen LogP contribution in [0.15, 0.2) is 12.2 Å². The highest BCUT2D eigenvalue weighted by atomic mass is 14.7. The maximum atomic E-state index is 5.53. The Morgan fingerprint density at radius 2 is 2.43 bits per heavy atom. The fourth-order valence-corrected chi connectivity index (χ4v) is 0.781. The zero-order chi connectivity index (χ0) is 5.44. The zero-order valence-electron chi connectivity index (χ0n) is 4.65. The number of rotatable bonds is 1. The molecule has 0 amide bonds. The lowest BCUT2D eigenvalue weighted by Gasteiger charge is -1.95. The first-order valence-electron chi connectivity index (χ1n) is 2.65. The Kier molecular flexibility index (Phi) is 0.927. The van der Waals surface area contributed by atoms with Gasteiger partial charge in [-0.05, 0) is 19.3 Å². The van der Waals surface area contributed by atoms with E-state index in [0.717, 1.165) is 6.42 Å². The summed E-state index contributed by atoms with van der Waals surface area (Å²) >= 11 is 0. The molecule has 0 bridgehead atoms. The number of nitrogens with two attached hydrogens (primary N) is 1. The van der Waals surface area contributed by atoms with Gasteiger partial charge in [0.2, 0.25) is 0 Å². The smallest absolute Gasteiger partial charge is 0.00790 e. The van der Waals surface area contributed by atoms with Crippen molar-refractivity contribution in [1.29, 1.82) is 0 Å². The molecule has 1 heteroatoms. The summed E-state index contributed by atoms with van der Waals surface area (Å²) in [5.74, 6) is 0.653. The van der Waals surface area contributed by atoms with Gasteiger partial charge in [0.1, 0.15) is 0 Å². The van der Waals surface area contributed by atoms with E-state index in [1.54, 1.807) is 0 Å². The average molecular weight is 97.2 g/mol. The van der Waals surface area contributed by atoms with Crippen molar-refractivity contribution in [3.05, 3.63) is 12.2 Å². The van der Waals surface area contributed by atoms with Crippen LogP contribution in [0.25, 0.3) is 0 Å². The van der Waals surface area contributed by atoms with Crippen LogP contribution < -0.4 is 5.73 Å². The summed E-state index contributed by atoms with van der Waals surface area (Å²) in [6, 6.07) is 0.340. The van der Waals surface area contributed by atoms with Crippen LogP contribution in [0, 0.1) is 5.92 Å². The van der Waals surface area contributed by atoms with Gasteiger partial charge in [-0.25, -0.2) is 0 Å². The highest BCUT2D eigenvalue weighted by Crippen LogP contribution is 2.37. The number of hydrogen-bond donors (Lipinski definition) is 1. The van der Waals surface area contributed by atoms with Crippen LogP contribution in [0.3, 0.4) is 0 Å². The van der Waals surface area contributed by atoms with Crippen molar-refractivity contribution in [3.63, 3.8) is 0 Å². The zero-order valence-corrected chi connectivity index (χ0v) is 4.65. The minimum absolute atomic E-state index is 0.340. The van der Waals surface area contributed by atoms with Crippen LogP contribution in [0.5, 0.6) is 0 Å². The van der Waals surface area contributed by atoms with E-state index in [4.69, 9.17) is 5.73 Å². The summed E-state index contributed by atoms with van der Waals surface area (Å²) in [6.45, 7) is 5.82. The second kappa shape index (κ2) is 1.34. The Labute approximate surface area is 44.2 Å². The molecule has 0 aromatic rings. The van der Waals surface area contributed by atoms with Gasteiger partial charge >= 0.3 is 0 Å². The second-order valence-electron chi connectivity index (χ2n) is 2.33. The third-order valence-electron chi connectivity index (χ3n) is 1.48. The predicted molar refractivity (Wildman–Crippen MR) is 30.9 cm³/mol. The summed E-state index contributed by atoms with van der Waals surface area (Å²) in [5.41, 5.74) is 6.86. The van der Waals surface area contributed by atoms with Crippen LogP contribution in [-0.4, -0.2) is 6.04 Å². The lowest BCUT2D eigenvalue weighted by molar-refractivity contribution is 0.669. The molecule has 7 heavy (non-hydrogen) atoms. The van der Waals surface area contributed by atoms with Crippen molar-refractivity contribution in [2.75, 3.05) is 0 Å². The van der Waals surface area contributed by atoms with E-state index in [1.807, 2.05) is 6.92 Å². The van der Waals surface area contributed by atoms with Crippen molar-refractivity contribution in [3.8, 4) is 0 Å². The molecule has 0 aromatic heterocycles. The van der Waals surface area contributed by atoms with E-state index in [2.05, 4.69) is 6.58 Å². The molecule has 0 radical (unpaired) electrons. The maximum Gasteiger partial charge on any atom is 0.00790 e. The molecule has 2 atom stereocenters. The van der Waals surface area contributed by atoms with Crippen molar-refractivity contribution in [2.24, 2.45) is 11.7 Å². The van der Waals surface area contributed by atoms with E-state index in [0.29, 0.717) is 12.0 Å². The Bertz CT molecular complexity index is 94.4. The van der Waals surface area contributed by atoms with Crippen LogP contribution in [0.1, 0.15) is 13.3 Å². The van der Waals surface area contributed by atoms with Crippen LogP contribution in [-0.2, 0) is 0 Å². The largest absolute Gasteiger partial charge is 0.327 e. The molecular weight excluding hydrogens is 86.1 g/mol. The van der Waals surface area contributed by atoms with Crippen LogP contribution >= 0.6 is 0 Å². The summed E-state index contributed by atoms with van der Waals surface area (Å²) in [4.78, 5) is 0. The second-order valence-corrected chi connectivity index (χ2v) is 2.33. The molecule has 1 fully saturated rings. The van der Waals surface area contributed by atoms with E-state index in [9.17, 15) is 0 Å². The van der Waals surface area contributed by atoms with Gasteiger partial charge < -0.3 is 5.73 Å². The fraction of sp³-hybridized carbons (Fsp3) is 0.667. The quantitative estimate of drug-likeness (QED) is 0.483. The molecule has 1 saturated carbocycles. The first kappa shape index (κ1) is 4.85. The molecule has 0 aliphatic heterocycles. The summed E-state index contributed by atoms with van der Waals surface area (Å²) in [7, 11) is 0. The molecule has 0 spiro atoms. The van der Waals surface area contributed by atoms with Crippen LogP contribution in [0.4, 0.5) is 0 Å². The summed E-state index contributed by atoms with van der Waals surface area (Å²) in [5, 5.41) is 0. The van der Waals surface area contributed by atoms with Crippen molar-refractivity contribution in [1.82, 2.24) is 0 Å². The average Bonchev–Trinajstić information content (AvgIpc) is 2.17. The summed E-state index contributed by atoms with van der Waals surface area (Å²) in [6.07, 6.45) is 1.16. The van der Waals surface area contributed by atoms with Crippen LogP contribution in [0.2, 0.25) is 0 Å². The first-order chi connectivity index (χ1) is 3.22. The monoisotopic (exact) mass is 97.1 g/mol. The van der Waals surface area contributed by atoms with Gasteiger partial charge in [-0.1, -0.05) is 12.2 Å². The number of hydrogen-bond acceptors (Lipinski definition) is 1. The molecule has 0 heterocycles. The van der Waals surface area contributed by atoms with Crippen molar-refractivity contribution >= 4 is 0 Å². The highest BCUT2D eigenvalue weighted by Gasteiger charge is 2.30. The molecule has 0 saturated heterocycles. The molecule has 0 aromatic carbocycles. The third kappa shape index (κ3) is 0.829. The Balaban J connectivity index is 2.33. The first-order valence-corrected chi connectivity index (χ1v) is 2.65. The Morgan fingerprint density at radius 3 is 2.43 bits per heavy atom. The fourth-order valence-electron chi connectivity index (χ4n) is 0.781. The summed E-state index contributed by atoms with van der Waals surface area (Å²) < 4.78 is 0. The molecule has 2 N–H and O–H groups in total. The minimum atomic E-state index is 0.340. The van der Waals surface area contributed by atoms with Gasteiger partial charge in [-0.2, -0.15) is 0 Å². The predicted octanol–water partition coefficient (Wildman–Crippen LogP) is 0.910. The molecule has 40 valence electrons. The molecule has 1 aliphatic rings. The third-order valence-corrected chi connectivity index (χ3v) is 1.48. The van der Waals surface area contributed by atoms with Crippen molar-refractivity contribution < 1.29 is 0 Å². The topological polar surface area (TPSA) is 26.0 Å². The molecule has 1 unspecified atom stereocenters. The van der Waals surface area contributed by atoms with Gasteiger partial charge in [-0.3, -0.25) is 0 Å². The Morgan fingerprint density at radius 1 is 2.00 bits per heavy atom. The normalized spacial score (nSPS) is 32.9. The molecular formula is C6H11N. The molecule has 1 nitrogen and oxygen atoms in total. The SMILES string of the molecule is C=C1CC1[C@H](C)N. The lowest BCUT2D eigenvalue weighted by atomic mass is 10.2. The molecule has 1 rings (SSSR count). The van der Waals surface area contributed by atoms with E-state index < -0.39 is 0 Å². The maximum absolute atomic E-state index is 5.53. The van der Waals surface area contributed by atoms with Gasteiger partial charge in [0, 0.05) is 6.04 Å². The van der Waals surface area contributed by atoms with Crippen molar-refractivity contribution in [2.45, 2.75) is 19.4 Å². The minimum Gasteiger partial charge on any atom is -0.327 e. The van der Waals surface area contributed by atoms with Gasteiger partial charge in [0.15, 0.2) is 0 Å². The van der Waals surface area contributed by atoms with E-state index >= 15 is 0 Å². The Hall–Kier alpha value is -0.300. The standard InChI is InChI=1S/C6H11N/c1-4-3-6(4)5(2)7/h5-6H,1,3,7H2,2H3/t5-,6?/m0/s1. The highest BCUT2D eigenvalue weighted by molar-refractivity contribution is 5.21. The van der Waals surface area contributed by atoms with Gasteiger partial charge in [0.25, 0.3) is 0 Å². The van der Waals surface area contributed by atoms with Gasteiger partial charge in [-0.15, -0.1) is 0 Å². The molecule has 1 aliphatic carbocycles. The van der Waals surface area contributed by atoms with E-state index in [-0.39, 0.29) is 0 Å². The van der Waals surface area contributed by atoms with E-state index in [1.165, 1.54) is 5.57 Å².